The quantitative estimate of drug-likeness (QED) is 0.599. The monoisotopic (exact) mass is 167 g/mol. The molecule has 1 atom stereocenters. The van der Waals surface area contributed by atoms with Gasteiger partial charge in [-0.2, -0.15) is 0 Å². The van der Waals surface area contributed by atoms with E-state index in [-0.39, 0.29) is 0 Å². The van der Waals surface area contributed by atoms with Crippen molar-refractivity contribution in [2.75, 3.05) is 6.54 Å². The second-order valence-electron chi connectivity index (χ2n) is 3.02. The topological polar surface area (TPSA) is 12.0 Å². The first kappa shape index (κ1) is 11.5. The lowest BCUT2D eigenvalue weighted by molar-refractivity contribution is 0.473. The smallest absolute Gasteiger partial charge is 0.0103 e. The lowest BCUT2D eigenvalue weighted by atomic mass is 10.1. The third kappa shape index (κ3) is 6.24. The molecule has 0 amide bonds. The highest BCUT2D eigenvalue weighted by atomic mass is 14.9. The van der Waals surface area contributed by atoms with Crippen molar-refractivity contribution in [3.63, 3.8) is 0 Å². The van der Waals surface area contributed by atoms with Gasteiger partial charge >= 0.3 is 0 Å². The zero-order valence-corrected chi connectivity index (χ0v) is 8.61. The molecule has 1 N–H and O–H groups in total. The molecule has 1 heteroatoms. The van der Waals surface area contributed by atoms with Crippen molar-refractivity contribution in [1.29, 1.82) is 0 Å². The molecule has 0 aromatic heterocycles. The van der Waals surface area contributed by atoms with E-state index in [1.54, 1.807) is 0 Å². The maximum Gasteiger partial charge on any atom is 0.0103 e. The van der Waals surface area contributed by atoms with Crippen LogP contribution >= 0.6 is 0 Å². The second-order valence-corrected chi connectivity index (χ2v) is 3.02. The van der Waals surface area contributed by atoms with E-state index in [9.17, 15) is 0 Å². The van der Waals surface area contributed by atoms with Crippen LogP contribution < -0.4 is 5.32 Å². The summed E-state index contributed by atoms with van der Waals surface area (Å²) in [5, 5.41) is 3.51. The molecule has 1 unspecified atom stereocenters. The highest BCUT2D eigenvalue weighted by molar-refractivity contribution is 4.95. The van der Waals surface area contributed by atoms with Gasteiger partial charge in [0.1, 0.15) is 0 Å². The highest BCUT2D eigenvalue weighted by Gasteiger charge is 2.01. The summed E-state index contributed by atoms with van der Waals surface area (Å²) in [6.45, 7) is 7.47. The van der Waals surface area contributed by atoms with Crippen molar-refractivity contribution < 1.29 is 0 Å². The van der Waals surface area contributed by atoms with Crippen molar-refractivity contribution in [3.05, 3.63) is 0 Å². The van der Waals surface area contributed by atoms with Gasteiger partial charge in [-0.05, 0) is 32.7 Å². The van der Waals surface area contributed by atoms with E-state index in [2.05, 4.69) is 31.0 Å². The molecule has 0 bridgehead atoms. The van der Waals surface area contributed by atoms with Gasteiger partial charge in [0.05, 0.1) is 0 Å². The Morgan fingerprint density at radius 3 is 2.58 bits per heavy atom. The van der Waals surface area contributed by atoms with Crippen molar-refractivity contribution in [3.8, 4) is 11.8 Å². The van der Waals surface area contributed by atoms with E-state index >= 15 is 0 Å². The number of rotatable bonds is 6. The molecule has 0 radical (unpaired) electrons. The maximum absolute atomic E-state index is 3.51. The molecule has 0 aromatic carbocycles. The maximum atomic E-state index is 3.51. The molecule has 0 fully saturated rings. The van der Waals surface area contributed by atoms with Gasteiger partial charge < -0.3 is 5.32 Å². The minimum Gasteiger partial charge on any atom is -0.314 e. The van der Waals surface area contributed by atoms with Gasteiger partial charge in [-0.1, -0.05) is 13.8 Å². The lowest BCUT2D eigenvalue weighted by Gasteiger charge is -2.14. The zero-order valence-electron chi connectivity index (χ0n) is 8.61. The Morgan fingerprint density at radius 1 is 1.33 bits per heavy atom. The van der Waals surface area contributed by atoms with Crippen LogP contribution in [0.3, 0.4) is 0 Å². The molecule has 70 valence electrons. The van der Waals surface area contributed by atoms with E-state index in [4.69, 9.17) is 0 Å². The molecular weight excluding hydrogens is 146 g/mol. The standard InChI is InChI=1S/C11H21N/c1-4-7-8-9-11(6-3)12-10-5-2/h11-12H,5-6,8-10H2,1-3H3. The Hall–Kier alpha value is -0.480. The van der Waals surface area contributed by atoms with Gasteiger partial charge in [0.25, 0.3) is 0 Å². The first-order chi connectivity index (χ1) is 5.85. The molecule has 0 aromatic rings. The summed E-state index contributed by atoms with van der Waals surface area (Å²) in [5.74, 6) is 6.02. The van der Waals surface area contributed by atoms with E-state index in [0.717, 1.165) is 13.0 Å². The van der Waals surface area contributed by atoms with Gasteiger partial charge in [-0.15, -0.1) is 11.8 Å². The number of hydrogen-bond donors (Lipinski definition) is 1. The fourth-order valence-corrected chi connectivity index (χ4v) is 1.17. The minimum absolute atomic E-state index is 0.672. The fraction of sp³-hybridized carbons (Fsp3) is 0.818. The van der Waals surface area contributed by atoms with E-state index in [1.165, 1.54) is 19.3 Å². The zero-order chi connectivity index (χ0) is 9.23. The van der Waals surface area contributed by atoms with Crippen LogP contribution in [-0.4, -0.2) is 12.6 Å². The summed E-state index contributed by atoms with van der Waals surface area (Å²) < 4.78 is 0. The first-order valence-electron chi connectivity index (χ1n) is 4.98. The number of nitrogens with one attached hydrogen (secondary N) is 1. The molecule has 0 aliphatic carbocycles. The Kier molecular flexibility index (Phi) is 8.27. The molecule has 0 rings (SSSR count). The average Bonchev–Trinajstić information content (AvgIpc) is 2.11. The fourth-order valence-electron chi connectivity index (χ4n) is 1.17. The van der Waals surface area contributed by atoms with Gasteiger partial charge in [0.2, 0.25) is 0 Å². The molecule has 0 aliphatic rings. The van der Waals surface area contributed by atoms with Crippen LogP contribution in [0, 0.1) is 11.8 Å². The van der Waals surface area contributed by atoms with Crippen molar-refractivity contribution in [2.45, 2.75) is 52.5 Å². The molecule has 1 nitrogen and oxygen atoms in total. The molecule has 0 saturated carbocycles. The predicted octanol–water partition coefficient (Wildman–Crippen LogP) is 2.57. The molecule has 0 saturated heterocycles. The Bertz CT molecular complexity index is 141. The normalized spacial score (nSPS) is 11.9. The van der Waals surface area contributed by atoms with Crippen LogP contribution in [0.1, 0.15) is 46.5 Å². The molecule has 0 aliphatic heterocycles. The van der Waals surface area contributed by atoms with Gasteiger partial charge in [0.15, 0.2) is 0 Å². The summed E-state index contributed by atoms with van der Waals surface area (Å²) in [7, 11) is 0. The summed E-state index contributed by atoms with van der Waals surface area (Å²) >= 11 is 0. The summed E-state index contributed by atoms with van der Waals surface area (Å²) in [6, 6.07) is 0.672. The predicted molar refractivity (Wildman–Crippen MR) is 55.1 cm³/mol. The summed E-state index contributed by atoms with van der Waals surface area (Å²) in [4.78, 5) is 0. The van der Waals surface area contributed by atoms with Crippen LogP contribution in [0.2, 0.25) is 0 Å². The van der Waals surface area contributed by atoms with Crippen LogP contribution in [0.5, 0.6) is 0 Å². The van der Waals surface area contributed by atoms with Crippen molar-refractivity contribution in [1.82, 2.24) is 5.32 Å². The molecule has 12 heavy (non-hydrogen) atoms. The van der Waals surface area contributed by atoms with Gasteiger partial charge in [-0.25, -0.2) is 0 Å². The summed E-state index contributed by atoms with van der Waals surface area (Å²) in [6.07, 6.45) is 4.66. The summed E-state index contributed by atoms with van der Waals surface area (Å²) in [5.41, 5.74) is 0. The van der Waals surface area contributed by atoms with Crippen molar-refractivity contribution in [2.24, 2.45) is 0 Å². The average molecular weight is 167 g/mol. The third-order valence-electron chi connectivity index (χ3n) is 1.97. The second kappa shape index (κ2) is 8.62. The largest absolute Gasteiger partial charge is 0.314 e. The molecule has 0 heterocycles. The molecular formula is C11H21N. The third-order valence-corrected chi connectivity index (χ3v) is 1.97. The van der Waals surface area contributed by atoms with Crippen LogP contribution in [-0.2, 0) is 0 Å². The lowest BCUT2D eigenvalue weighted by Crippen LogP contribution is -2.28. The van der Waals surface area contributed by atoms with Crippen LogP contribution in [0.25, 0.3) is 0 Å². The minimum atomic E-state index is 0.672. The molecule has 0 spiro atoms. The van der Waals surface area contributed by atoms with Gasteiger partial charge in [0, 0.05) is 12.5 Å². The van der Waals surface area contributed by atoms with Crippen LogP contribution in [0.15, 0.2) is 0 Å². The Labute approximate surface area is 76.9 Å². The highest BCUT2D eigenvalue weighted by Crippen LogP contribution is 2.00. The van der Waals surface area contributed by atoms with E-state index in [1.807, 2.05) is 6.92 Å². The van der Waals surface area contributed by atoms with Crippen molar-refractivity contribution >= 4 is 0 Å². The number of hydrogen-bond acceptors (Lipinski definition) is 1. The Balaban J connectivity index is 3.43. The van der Waals surface area contributed by atoms with E-state index < -0.39 is 0 Å². The van der Waals surface area contributed by atoms with E-state index in [0.29, 0.717) is 6.04 Å². The first-order valence-corrected chi connectivity index (χ1v) is 4.98. The van der Waals surface area contributed by atoms with Crippen LogP contribution in [0.4, 0.5) is 0 Å². The SMILES string of the molecule is CC#CCCC(CC)NCCC. The Morgan fingerprint density at radius 2 is 2.08 bits per heavy atom. The van der Waals surface area contributed by atoms with Gasteiger partial charge in [-0.3, -0.25) is 0 Å².